The van der Waals surface area contributed by atoms with Gasteiger partial charge < -0.3 is 24.8 Å². The molecule has 25 heavy (non-hydrogen) atoms. The first kappa shape index (κ1) is 18.5. The molecule has 2 atom stereocenters. The van der Waals surface area contributed by atoms with E-state index in [0.717, 1.165) is 0 Å². The highest BCUT2D eigenvalue weighted by molar-refractivity contribution is 5.98. The van der Waals surface area contributed by atoms with Gasteiger partial charge in [-0.05, 0) is 20.8 Å². The predicted octanol–water partition coefficient (Wildman–Crippen LogP) is 1.24. The molecule has 2 heterocycles. The minimum atomic E-state index is -1.10. The Hall–Kier alpha value is -2.84. The van der Waals surface area contributed by atoms with Crippen LogP contribution in [0.2, 0.25) is 0 Å². The summed E-state index contributed by atoms with van der Waals surface area (Å²) in [5.41, 5.74) is -0.284. The molecule has 0 unspecified atom stereocenters. The molecule has 0 aliphatic carbocycles. The monoisotopic (exact) mass is 351 g/mol. The number of fused-ring (bicyclic) bond motifs is 1. The van der Waals surface area contributed by atoms with Crippen LogP contribution in [0.25, 0.3) is 0 Å². The zero-order valence-electron chi connectivity index (χ0n) is 14.5. The summed E-state index contributed by atoms with van der Waals surface area (Å²) in [4.78, 5) is 39.9. The molecule has 1 aromatic heterocycles. The Morgan fingerprint density at radius 2 is 2.16 bits per heavy atom. The Morgan fingerprint density at radius 1 is 1.44 bits per heavy atom. The number of nitrogens with zero attached hydrogens (tertiary/aromatic N) is 1. The van der Waals surface area contributed by atoms with E-state index in [1.54, 1.807) is 26.8 Å². The van der Waals surface area contributed by atoms with Crippen molar-refractivity contribution in [1.29, 1.82) is 0 Å². The van der Waals surface area contributed by atoms with Gasteiger partial charge in [-0.1, -0.05) is 0 Å². The van der Waals surface area contributed by atoms with Crippen molar-refractivity contribution in [3.05, 3.63) is 18.5 Å². The van der Waals surface area contributed by atoms with Crippen LogP contribution in [0, 0.1) is 0 Å². The lowest BCUT2D eigenvalue weighted by Gasteiger charge is -2.28. The normalized spacial score (nSPS) is 17.4. The summed E-state index contributed by atoms with van der Waals surface area (Å²) in [5.74, 6) is -0.719. The fourth-order valence-electron chi connectivity index (χ4n) is 2.17. The molecule has 1 aliphatic rings. The predicted molar refractivity (Wildman–Crippen MR) is 87.1 cm³/mol. The van der Waals surface area contributed by atoms with E-state index in [9.17, 15) is 14.4 Å². The third kappa shape index (κ3) is 5.07. The molecular weight excluding hydrogens is 330 g/mol. The molecular formula is C16H21N3O6. The highest BCUT2D eigenvalue weighted by Crippen LogP contribution is 2.29. The number of methoxy groups -OCH3 is 1. The largest absolute Gasteiger partial charge is 0.478 e. The lowest BCUT2D eigenvalue weighted by Crippen LogP contribution is -2.49. The van der Waals surface area contributed by atoms with Gasteiger partial charge in [0.25, 0.3) is 5.91 Å². The average Bonchev–Trinajstić information content (AvgIpc) is 2.52. The zero-order chi connectivity index (χ0) is 18.6. The summed E-state index contributed by atoms with van der Waals surface area (Å²) < 4.78 is 15.4. The van der Waals surface area contributed by atoms with Gasteiger partial charge in [-0.3, -0.25) is 9.78 Å². The Kier molecular flexibility index (Phi) is 5.45. The number of ether oxygens (including phenoxy) is 3. The molecule has 0 spiro atoms. The summed E-state index contributed by atoms with van der Waals surface area (Å²) in [6.07, 6.45) is 1.10. The van der Waals surface area contributed by atoms with Crippen molar-refractivity contribution in [3.8, 4) is 5.75 Å². The van der Waals surface area contributed by atoms with E-state index >= 15 is 0 Å². The Morgan fingerprint density at radius 3 is 2.80 bits per heavy atom. The number of aromatic nitrogens is 1. The maximum Gasteiger partial charge on any atom is 0.408 e. The number of amides is 2. The minimum absolute atomic E-state index is 0.112. The van der Waals surface area contributed by atoms with Crippen molar-refractivity contribution in [2.45, 2.75) is 44.9 Å². The first-order valence-electron chi connectivity index (χ1n) is 7.68. The number of hydrogen-bond acceptors (Lipinski definition) is 7. The first-order valence-corrected chi connectivity index (χ1v) is 7.68. The lowest BCUT2D eigenvalue weighted by molar-refractivity contribution is -0.144. The van der Waals surface area contributed by atoms with Crippen LogP contribution in [-0.4, -0.2) is 47.8 Å². The molecule has 2 amide bonds. The molecule has 9 heteroatoms. The van der Waals surface area contributed by atoms with Crippen molar-refractivity contribution >= 4 is 23.7 Å². The number of rotatable bonds is 4. The van der Waals surface area contributed by atoms with E-state index in [1.807, 2.05) is 0 Å². The molecule has 9 nitrogen and oxygen atoms in total. The molecule has 2 N–H and O–H groups in total. The second-order valence-electron chi connectivity index (χ2n) is 6.43. The number of anilines is 1. The van der Waals surface area contributed by atoms with Crippen LogP contribution in [-0.2, 0) is 19.1 Å². The van der Waals surface area contributed by atoms with Gasteiger partial charge in [-0.2, -0.15) is 0 Å². The second-order valence-corrected chi connectivity index (χ2v) is 6.43. The highest BCUT2D eigenvalue weighted by Gasteiger charge is 2.34. The Labute approximate surface area is 145 Å². The quantitative estimate of drug-likeness (QED) is 0.784. The van der Waals surface area contributed by atoms with Crippen LogP contribution in [0.15, 0.2) is 18.5 Å². The number of pyridine rings is 1. The van der Waals surface area contributed by atoms with Gasteiger partial charge in [0.2, 0.25) is 0 Å². The summed E-state index contributed by atoms with van der Waals surface area (Å²) in [6.45, 7) is 5.09. The smallest absolute Gasteiger partial charge is 0.408 e. The van der Waals surface area contributed by atoms with Crippen LogP contribution in [0.5, 0.6) is 5.75 Å². The third-order valence-corrected chi connectivity index (χ3v) is 3.23. The van der Waals surface area contributed by atoms with Crippen LogP contribution in [0.4, 0.5) is 10.5 Å². The molecule has 0 aromatic carbocycles. The van der Waals surface area contributed by atoms with E-state index < -0.39 is 35.7 Å². The molecule has 0 saturated carbocycles. The summed E-state index contributed by atoms with van der Waals surface area (Å²) >= 11 is 0. The third-order valence-electron chi connectivity index (χ3n) is 3.23. The minimum Gasteiger partial charge on any atom is -0.478 e. The van der Waals surface area contributed by atoms with Gasteiger partial charge in [0.1, 0.15) is 23.1 Å². The molecule has 1 aliphatic heterocycles. The molecule has 136 valence electrons. The maximum absolute atomic E-state index is 12.2. The van der Waals surface area contributed by atoms with E-state index in [-0.39, 0.29) is 6.42 Å². The van der Waals surface area contributed by atoms with Gasteiger partial charge in [0, 0.05) is 18.7 Å². The van der Waals surface area contributed by atoms with E-state index in [2.05, 4.69) is 20.4 Å². The van der Waals surface area contributed by atoms with Crippen molar-refractivity contribution in [3.63, 3.8) is 0 Å². The Bertz CT molecular complexity index is 670. The van der Waals surface area contributed by atoms with Crippen LogP contribution >= 0.6 is 0 Å². The first-order chi connectivity index (χ1) is 11.7. The number of hydrogen-bond donors (Lipinski definition) is 2. The molecule has 2 rings (SSSR count). The second kappa shape index (κ2) is 7.37. The number of carbonyl (C=O) groups is 3. The maximum atomic E-state index is 12.2. The molecule has 0 saturated heterocycles. The summed E-state index contributed by atoms with van der Waals surface area (Å²) in [5, 5.41) is 5.05. The van der Waals surface area contributed by atoms with Crippen molar-refractivity contribution in [2.75, 3.05) is 12.4 Å². The molecule has 0 fully saturated rings. The SMILES string of the molecule is COC(=O)[C@H](C[C@H]1Oc2ccncc2NC1=O)NC(=O)OC(C)(C)C. The average molecular weight is 351 g/mol. The molecule has 0 bridgehead atoms. The van der Waals surface area contributed by atoms with Gasteiger partial charge in [-0.15, -0.1) is 0 Å². The lowest BCUT2D eigenvalue weighted by atomic mass is 10.1. The number of alkyl carbamates (subject to hydrolysis) is 1. The fraction of sp³-hybridized carbons (Fsp3) is 0.500. The fourth-order valence-corrected chi connectivity index (χ4v) is 2.17. The summed E-state index contributed by atoms with van der Waals surface area (Å²) in [7, 11) is 1.19. The van der Waals surface area contributed by atoms with E-state index in [1.165, 1.54) is 19.5 Å². The van der Waals surface area contributed by atoms with Crippen LogP contribution in [0.1, 0.15) is 27.2 Å². The highest BCUT2D eigenvalue weighted by atomic mass is 16.6. The summed E-state index contributed by atoms with van der Waals surface area (Å²) in [6, 6.07) is 0.495. The topological polar surface area (TPSA) is 116 Å². The van der Waals surface area contributed by atoms with Gasteiger partial charge >= 0.3 is 12.1 Å². The van der Waals surface area contributed by atoms with Gasteiger partial charge in [-0.25, -0.2) is 9.59 Å². The van der Waals surface area contributed by atoms with Crippen molar-refractivity contribution in [1.82, 2.24) is 10.3 Å². The van der Waals surface area contributed by atoms with E-state index in [4.69, 9.17) is 9.47 Å². The molecule has 0 radical (unpaired) electrons. The standard InChI is InChI=1S/C16H21N3O6/c1-16(2,3)25-15(22)19-9(14(21)23-4)7-12-13(20)18-10-8-17-6-5-11(10)24-12/h5-6,8-9,12H,7H2,1-4H3,(H,18,20)(H,19,22)/t9-,12+/m0/s1. The van der Waals surface area contributed by atoms with Gasteiger partial charge in [0.15, 0.2) is 6.10 Å². The van der Waals surface area contributed by atoms with Crippen molar-refractivity contribution in [2.24, 2.45) is 0 Å². The van der Waals surface area contributed by atoms with Crippen LogP contribution < -0.4 is 15.4 Å². The Balaban J connectivity index is 2.08. The van der Waals surface area contributed by atoms with Crippen molar-refractivity contribution < 1.29 is 28.6 Å². The number of esters is 1. The van der Waals surface area contributed by atoms with E-state index in [0.29, 0.717) is 11.4 Å². The number of carbonyl (C=O) groups excluding carboxylic acids is 3. The zero-order valence-corrected chi connectivity index (χ0v) is 14.5. The van der Waals surface area contributed by atoms with Crippen LogP contribution in [0.3, 0.4) is 0 Å². The number of nitrogens with one attached hydrogen (secondary N) is 2. The van der Waals surface area contributed by atoms with Gasteiger partial charge in [0.05, 0.1) is 13.3 Å². The molecule has 1 aromatic rings.